The molecule has 1 heterocycles. The van der Waals surface area contributed by atoms with Crippen LogP contribution in [-0.4, -0.2) is 67.0 Å². The van der Waals surface area contributed by atoms with Crippen LogP contribution in [0.15, 0.2) is 0 Å². The monoisotopic (exact) mass is 795 g/mol. The summed E-state index contributed by atoms with van der Waals surface area (Å²) in [6.45, 7) is 0. The van der Waals surface area contributed by atoms with Crippen LogP contribution in [0.25, 0.3) is 0 Å². The van der Waals surface area contributed by atoms with Crippen molar-refractivity contribution in [1.82, 2.24) is 3.61 Å². The van der Waals surface area contributed by atoms with E-state index in [0.717, 1.165) is 0 Å². The predicted molar refractivity (Wildman–Crippen MR) is 65.6 cm³/mol. The van der Waals surface area contributed by atoms with Crippen LogP contribution in [0.4, 0.5) is 0 Å². The summed E-state index contributed by atoms with van der Waals surface area (Å²) in [6, 6.07) is 0. The first-order valence-corrected chi connectivity index (χ1v) is 22.5. The van der Waals surface area contributed by atoms with Gasteiger partial charge in [-0.05, 0) is 0 Å². The van der Waals surface area contributed by atoms with E-state index in [1.807, 2.05) is 0 Å². The van der Waals surface area contributed by atoms with Crippen molar-refractivity contribution in [3.05, 3.63) is 0 Å². The van der Waals surface area contributed by atoms with Crippen LogP contribution in [0.1, 0.15) is 38.5 Å². The van der Waals surface area contributed by atoms with Crippen molar-refractivity contribution in [1.29, 1.82) is 0 Å². The average molecular weight is 795 g/mol. The van der Waals surface area contributed by atoms with Gasteiger partial charge in [0.15, 0.2) is 0 Å². The molecule has 4 rings (SSSR count). The summed E-state index contributed by atoms with van der Waals surface area (Å²) < 4.78 is 16.4. The Balaban J connectivity index is 1.46. The molecule has 3 N–H and O–H groups in total. The fraction of sp³-hybridized carbons (Fsp3) is 1.00. The van der Waals surface area contributed by atoms with Gasteiger partial charge < -0.3 is 0 Å². The standard InChI is InChI=1S/3C3H5.3Bi.3HN/c3*1-2-3-1;;;;;;/h3*1H,2-3H2;;;;3*1H. The molecule has 0 unspecified atom stereocenters. The van der Waals surface area contributed by atoms with Gasteiger partial charge in [0.25, 0.3) is 0 Å². The first-order valence-electron chi connectivity index (χ1n) is 6.07. The van der Waals surface area contributed by atoms with Gasteiger partial charge in [-0.3, -0.25) is 0 Å². The van der Waals surface area contributed by atoms with Crippen molar-refractivity contribution >= 4 is 67.0 Å². The van der Waals surface area contributed by atoms with E-state index in [-0.39, 0.29) is 0 Å². The van der Waals surface area contributed by atoms with Crippen LogP contribution < -0.4 is 3.61 Å². The Hall–Kier alpha value is 2.53. The van der Waals surface area contributed by atoms with Gasteiger partial charge in [0.2, 0.25) is 0 Å². The van der Waals surface area contributed by atoms with E-state index in [0.29, 0.717) is 0 Å². The zero-order valence-corrected chi connectivity index (χ0v) is 19.2. The summed E-state index contributed by atoms with van der Waals surface area (Å²) in [7, 11) is 0. The van der Waals surface area contributed by atoms with E-state index >= 15 is 0 Å². The van der Waals surface area contributed by atoms with E-state index in [4.69, 9.17) is 0 Å². The van der Waals surface area contributed by atoms with Gasteiger partial charge in [0.1, 0.15) is 0 Å². The van der Waals surface area contributed by atoms with E-state index in [2.05, 4.69) is 3.61 Å². The Morgan fingerprint density at radius 2 is 0.800 bits per heavy atom. The van der Waals surface area contributed by atoms with Crippen molar-refractivity contribution < 1.29 is 0 Å². The molecule has 0 amide bonds. The van der Waals surface area contributed by atoms with Crippen molar-refractivity contribution in [3.8, 4) is 0 Å². The Bertz CT molecular complexity index is 217. The fourth-order valence-corrected chi connectivity index (χ4v) is 119. The second-order valence-electron chi connectivity index (χ2n) is 5.10. The maximum absolute atomic E-state index is 4.23. The van der Waals surface area contributed by atoms with Gasteiger partial charge in [-0.2, -0.15) is 0 Å². The number of nitrogens with one attached hydrogen (secondary N) is 3. The topological polar surface area (TPSA) is 36.1 Å². The Morgan fingerprint density at radius 3 is 1.00 bits per heavy atom. The third kappa shape index (κ3) is 2.76. The van der Waals surface area contributed by atoms with Gasteiger partial charge in [-0.15, -0.1) is 0 Å². The van der Waals surface area contributed by atoms with Crippen LogP contribution in [0, 0.1) is 0 Å². The molecule has 0 atom stereocenters. The second-order valence-corrected chi connectivity index (χ2v) is 45.1. The Morgan fingerprint density at radius 1 is 0.533 bits per heavy atom. The summed E-state index contributed by atoms with van der Waals surface area (Å²) in [5, 5.41) is 0. The molecule has 0 aromatic rings. The van der Waals surface area contributed by atoms with E-state index < -0.39 is 67.0 Å². The summed E-state index contributed by atoms with van der Waals surface area (Å²) in [6.07, 6.45) is 9.51. The Kier molecular flexibility index (Phi) is 3.46. The molecule has 0 bridgehead atoms. The maximum atomic E-state index is 4.23. The quantitative estimate of drug-likeness (QED) is 0.370. The van der Waals surface area contributed by atoms with E-state index in [1.165, 1.54) is 10.9 Å². The normalized spacial score (nSPS) is 36.0. The van der Waals surface area contributed by atoms with Crippen LogP contribution >= 0.6 is 0 Å². The van der Waals surface area contributed by atoms with E-state index in [1.54, 1.807) is 38.5 Å². The van der Waals surface area contributed by atoms with Crippen molar-refractivity contribution in [2.45, 2.75) is 49.4 Å². The molecule has 0 spiro atoms. The SMILES string of the molecule is C1C[CH]1[Bi]1[NH][Bi]([CH]2CC2)[NH][Bi]([CH]2CC2)[NH]1. The molecule has 3 saturated carbocycles. The van der Waals surface area contributed by atoms with Crippen LogP contribution in [0.5, 0.6) is 0 Å². The van der Waals surface area contributed by atoms with Crippen molar-refractivity contribution in [2.24, 2.45) is 0 Å². The minimum atomic E-state index is -1.28. The molecule has 1 aliphatic heterocycles. The van der Waals surface area contributed by atoms with E-state index in [9.17, 15) is 0 Å². The molecule has 3 nitrogen and oxygen atoms in total. The molecule has 6 heteroatoms. The average Bonchev–Trinajstić information content (AvgIpc) is 3.20. The first kappa shape index (κ1) is 11.4. The van der Waals surface area contributed by atoms with Gasteiger partial charge in [-0.25, -0.2) is 0 Å². The van der Waals surface area contributed by atoms with Gasteiger partial charge in [-0.1, -0.05) is 0 Å². The second kappa shape index (κ2) is 4.57. The predicted octanol–water partition coefficient (Wildman–Crippen LogP) is 0.725. The summed E-state index contributed by atoms with van der Waals surface area (Å²) in [5.74, 6) is 0. The fourth-order valence-electron chi connectivity index (χ4n) is 1.90. The number of hydrogen-bond acceptors (Lipinski definition) is 3. The van der Waals surface area contributed by atoms with Gasteiger partial charge in [0, 0.05) is 0 Å². The van der Waals surface area contributed by atoms with Crippen LogP contribution in [0.3, 0.4) is 0 Å². The molecule has 0 radical (unpaired) electrons. The third-order valence-electron chi connectivity index (χ3n) is 3.38. The summed E-state index contributed by atoms with van der Waals surface area (Å²) in [5.41, 5.74) is 0. The molecule has 1 saturated heterocycles. The first-order chi connectivity index (χ1) is 7.40. The molecular weight excluding hydrogens is 777 g/mol. The molecule has 15 heavy (non-hydrogen) atoms. The summed E-state index contributed by atoms with van der Waals surface area (Å²) >= 11 is -3.83. The molecule has 4 fully saturated rings. The number of rotatable bonds is 3. The molecule has 0 aromatic carbocycles. The third-order valence-corrected chi connectivity index (χ3v) is 67.0. The molecule has 3 aliphatic carbocycles. The summed E-state index contributed by atoms with van der Waals surface area (Å²) in [4.78, 5) is 0. The molecular formula is C9H18Bi3N3. The zero-order chi connectivity index (χ0) is 9.83. The Labute approximate surface area is 118 Å². The zero-order valence-electron chi connectivity index (χ0n) is 8.82. The number of hydrogen-bond donors (Lipinski definition) is 3. The molecule has 84 valence electrons. The van der Waals surface area contributed by atoms with Gasteiger partial charge >= 0.3 is 120 Å². The molecule has 0 aromatic heterocycles. The molecule has 4 aliphatic rings. The van der Waals surface area contributed by atoms with Crippen molar-refractivity contribution in [3.63, 3.8) is 0 Å². The van der Waals surface area contributed by atoms with Crippen LogP contribution in [-0.2, 0) is 0 Å². The van der Waals surface area contributed by atoms with Gasteiger partial charge in [0.05, 0.1) is 0 Å². The van der Waals surface area contributed by atoms with Crippen molar-refractivity contribution in [2.75, 3.05) is 0 Å². The van der Waals surface area contributed by atoms with Crippen LogP contribution in [0.2, 0.25) is 10.9 Å². The minimum absolute atomic E-state index is 1.23.